The van der Waals surface area contributed by atoms with Gasteiger partial charge in [-0.25, -0.2) is 0 Å². The van der Waals surface area contributed by atoms with E-state index in [2.05, 4.69) is 200 Å². The molecule has 1 aliphatic rings. The molecule has 0 saturated carbocycles. The molecule has 2 aromatic heterocycles. The van der Waals surface area contributed by atoms with Gasteiger partial charge in [0.25, 0.3) is 0 Å². The summed E-state index contributed by atoms with van der Waals surface area (Å²) in [5.41, 5.74) is 11.3. The molecule has 8 aromatic carbocycles. The minimum absolute atomic E-state index is 0.170. The molecule has 3 heteroatoms. The van der Waals surface area contributed by atoms with E-state index in [0.29, 0.717) is 5.92 Å². The zero-order chi connectivity index (χ0) is 37.2. The molecule has 11 rings (SSSR count). The maximum absolute atomic E-state index is 6.53. The number of rotatable bonds is 6. The Bertz CT molecular complexity index is 3180. The quantitative estimate of drug-likeness (QED) is 0.169. The van der Waals surface area contributed by atoms with E-state index in [1.807, 2.05) is 17.4 Å². The van der Waals surface area contributed by atoms with Crippen molar-refractivity contribution in [3.05, 3.63) is 205 Å². The first-order valence-electron chi connectivity index (χ1n) is 19.4. The van der Waals surface area contributed by atoms with Gasteiger partial charge in [-0.2, -0.15) is 0 Å². The van der Waals surface area contributed by atoms with Crippen molar-refractivity contribution in [1.82, 2.24) is 0 Å². The predicted molar refractivity (Wildman–Crippen MR) is 239 cm³/mol. The fraction of sp³-hybridized carbons (Fsp3) is 0.0566. The molecule has 0 fully saturated rings. The zero-order valence-electron chi connectivity index (χ0n) is 30.9. The second-order valence-electron chi connectivity index (χ2n) is 14.9. The van der Waals surface area contributed by atoms with Crippen LogP contribution in [0.4, 0.5) is 11.4 Å². The highest BCUT2D eigenvalue weighted by atomic mass is 32.1. The molecule has 2 nitrogen and oxygen atoms in total. The van der Waals surface area contributed by atoms with Gasteiger partial charge >= 0.3 is 0 Å². The van der Waals surface area contributed by atoms with Gasteiger partial charge in [-0.05, 0) is 81.4 Å². The lowest BCUT2D eigenvalue weighted by Gasteiger charge is -2.33. The van der Waals surface area contributed by atoms with E-state index in [9.17, 15) is 0 Å². The molecule has 0 bridgehead atoms. The average Bonchev–Trinajstić information content (AvgIpc) is 3.83. The summed E-state index contributed by atoms with van der Waals surface area (Å²) in [5.74, 6) is 0.480. The van der Waals surface area contributed by atoms with E-state index < -0.39 is 0 Å². The molecule has 0 radical (unpaired) electrons. The van der Waals surface area contributed by atoms with Gasteiger partial charge in [-0.1, -0.05) is 153 Å². The smallest absolute Gasteiger partial charge is 0.137 e. The van der Waals surface area contributed by atoms with Crippen molar-refractivity contribution in [1.29, 1.82) is 0 Å². The van der Waals surface area contributed by atoms with E-state index in [-0.39, 0.29) is 5.92 Å². The topological polar surface area (TPSA) is 16.4 Å². The number of benzene rings is 8. The Labute approximate surface area is 329 Å². The van der Waals surface area contributed by atoms with Gasteiger partial charge in [0, 0.05) is 59.9 Å². The Hall–Kier alpha value is -6.68. The number of nitrogens with zero attached hydrogens (tertiary/aromatic N) is 1. The summed E-state index contributed by atoms with van der Waals surface area (Å²) in [6.07, 6.45) is 7.23. The molecule has 0 amide bonds. The number of allylic oxidation sites excluding steroid dienone is 3. The number of thiophene rings is 1. The van der Waals surface area contributed by atoms with Gasteiger partial charge in [0.1, 0.15) is 11.2 Å². The second-order valence-corrected chi connectivity index (χ2v) is 15.9. The summed E-state index contributed by atoms with van der Waals surface area (Å²) in [5, 5.41) is 7.42. The summed E-state index contributed by atoms with van der Waals surface area (Å²) >= 11 is 1.88. The van der Waals surface area contributed by atoms with Crippen molar-refractivity contribution in [2.24, 2.45) is 5.92 Å². The lowest BCUT2D eigenvalue weighted by molar-refractivity contribution is 0.633. The number of anilines is 2. The van der Waals surface area contributed by atoms with Crippen molar-refractivity contribution in [3.63, 3.8) is 0 Å². The highest BCUT2D eigenvalue weighted by molar-refractivity contribution is 7.25. The van der Waals surface area contributed by atoms with E-state index in [0.717, 1.165) is 39.0 Å². The summed E-state index contributed by atoms with van der Waals surface area (Å²) in [7, 11) is 0. The van der Waals surface area contributed by atoms with Gasteiger partial charge < -0.3 is 9.32 Å². The molecule has 0 saturated heterocycles. The molecule has 266 valence electrons. The minimum atomic E-state index is 0.170. The highest BCUT2D eigenvalue weighted by Gasteiger charge is 2.27. The third-order valence-electron chi connectivity index (χ3n) is 11.6. The van der Waals surface area contributed by atoms with Gasteiger partial charge in [-0.15, -0.1) is 11.3 Å². The molecule has 10 aromatic rings. The third-order valence-corrected chi connectivity index (χ3v) is 12.7. The molecule has 0 N–H and O–H groups in total. The van der Waals surface area contributed by atoms with Crippen LogP contribution in [0.1, 0.15) is 18.4 Å². The lowest BCUT2D eigenvalue weighted by Crippen LogP contribution is -2.21. The minimum Gasteiger partial charge on any atom is -0.456 e. The average molecular weight is 736 g/mol. The van der Waals surface area contributed by atoms with Crippen LogP contribution >= 0.6 is 11.3 Å². The van der Waals surface area contributed by atoms with Crippen molar-refractivity contribution >= 4 is 75.6 Å². The number of fused-ring (bicyclic) bond motifs is 7. The number of hydrogen-bond acceptors (Lipinski definition) is 3. The normalized spacial score (nSPS) is 15.6. The predicted octanol–water partition coefficient (Wildman–Crippen LogP) is 15.5. The van der Waals surface area contributed by atoms with Crippen LogP contribution in [-0.2, 0) is 0 Å². The molecule has 0 aliphatic heterocycles. The highest BCUT2D eigenvalue weighted by Crippen LogP contribution is 2.47. The zero-order valence-corrected chi connectivity index (χ0v) is 31.7. The van der Waals surface area contributed by atoms with E-state index in [1.54, 1.807) is 0 Å². The maximum Gasteiger partial charge on any atom is 0.137 e. The number of furan rings is 1. The van der Waals surface area contributed by atoms with Gasteiger partial charge in [-0.3, -0.25) is 0 Å². The van der Waals surface area contributed by atoms with E-state index in [1.165, 1.54) is 58.8 Å². The van der Waals surface area contributed by atoms with E-state index >= 15 is 0 Å². The van der Waals surface area contributed by atoms with Crippen molar-refractivity contribution < 1.29 is 4.42 Å². The van der Waals surface area contributed by atoms with E-state index in [4.69, 9.17) is 4.42 Å². The summed E-state index contributed by atoms with van der Waals surface area (Å²) in [6, 6.07) is 63.7. The first-order chi connectivity index (χ1) is 27.7. The van der Waals surface area contributed by atoms with Crippen LogP contribution in [0.25, 0.3) is 75.1 Å². The molecule has 1 aliphatic carbocycles. The van der Waals surface area contributed by atoms with Crippen LogP contribution in [0, 0.1) is 5.92 Å². The fourth-order valence-electron chi connectivity index (χ4n) is 8.96. The number of hydrogen-bond donors (Lipinski definition) is 0. The SMILES string of the molecule is CC1C=CC(N(c2ccc3c(c2)oc2ccccc23)c2ccccc2-c2cccc3cccc(-c4ccccc4)c23)=CC1c1cccc2sc3ccccc3c12. The monoisotopic (exact) mass is 735 g/mol. The van der Waals surface area contributed by atoms with Crippen LogP contribution in [-0.4, -0.2) is 0 Å². The van der Waals surface area contributed by atoms with Crippen molar-refractivity contribution in [2.75, 3.05) is 4.90 Å². The third kappa shape index (κ3) is 5.31. The lowest BCUT2D eigenvalue weighted by atomic mass is 9.81. The van der Waals surface area contributed by atoms with Crippen LogP contribution in [0.3, 0.4) is 0 Å². The van der Waals surface area contributed by atoms with Crippen molar-refractivity contribution in [3.8, 4) is 22.3 Å². The Morgan fingerprint density at radius 2 is 1.23 bits per heavy atom. The number of para-hydroxylation sites is 2. The summed E-state index contributed by atoms with van der Waals surface area (Å²) < 4.78 is 9.20. The Balaban J connectivity index is 1.15. The fourth-order valence-corrected chi connectivity index (χ4v) is 10.1. The molecule has 2 heterocycles. The van der Waals surface area contributed by atoms with Gasteiger partial charge in [0.05, 0.1) is 5.69 Å². The Kier molecular flexibility index (Phi) is 7.75. The van der Waals surface area contributed by atoms with Crippen molar-refractivity contribution in [2.45, 2.75) is 12.8 Å². The van der Waals surface area contributed by atoms with Crippen LogP contribution < -0.4 is 4.90 Å². The molecular formula is C53H37NOS. The first kappa shape index (κ1) is 32.7. The Morgan fingerprint density at radius 3 is 2.12 bits per heavy atom. The molecule has 56 heavy (non-hydrogen) atoms. The Morgan fingerprint density at radius 1 is 0.536 bits per heavy atom. The van der Waals surface area contributed by atoms with Crippen LogP contribution in [0.5, 0.6) is 0 Å². The summed E-state index contributed by atoms with van der Waals surface area (Å²) in [6.45, 7) is 2.35. The van der Waals surface area contributed by atoms with Gasteiger partial charge in [0.15, 0.2) is 0 Å². The van der Waals surface area contributed by atoms with Gasteiger partial charge in [0.2, 0.25) is 0 Å². The van der Waals surface area contributed by atoms with Crippen LogP contribution in [0.2, 0.25) is 0 Å². The molecule has 2 atom stereocenters. The standard InChI is InChI=1S/C53H37NOS/c1-34-28-29-37(32-46(34)44-23-13-27-51-53(44)45-20-7-10-26-50(45)56-51)54(38-30-31-42-41-19-6-9-25-48(41)55-49(42)33-38)47-24-8-5-18-40(47)43-22-12-17-36-16-11-21-39(52(36)43)35-14-3-2-4-15-35/h2-34,46H,1H3. The van der Waals surface area contributed by atoms with Crippen LogP contribution in [0.15, 0.2) is 204 Å². The molecule has 0 spiro atoms. The maximum atomic E-state index is 6.53. The first-order valence-corrected chi connectivity index (χ1v) is 20.2. The molecular weight excluding hydrogens is 699 g/mol. The molecule has 2 unspecified atom stereocenters. The largest absolute Gasteiger partial charge is 0.456 e. The summed E-state index contributed by atoms with van der Waals surface area (Å²) in [4.78, 5) is 2.45. The second kappa shape index (κ2) is 13.3.